The summed E-state index contributed by atoms with van der Waals surface area (Å²) in [6.45, 7) is 2.74. The third-order valence-corrected chi connectivity index (χ3v) is 5.24. The van der Waals surface area contributed by atoms with Gasteiger partial charge in [0, 0.05) is 36.3 Å². The topological polar surface area (TPSA) is 86.3 Å². The molecule has 2 aromatic heterocycles. The molecule has 10 heteroatoms. The zero-order chi connectivity index (χ0) is 22.8. The number of hydrogen-bond donors (Lipinski definition) is 0. The summed E-state index contributed by atoms with van der Waals surface area (Å²) >= 11 is 0. The zero-order valence-corrected chi connectivity index (χ0v) is 17.4. The van der Waals surface area contributed by atoms with Gasteiger partial charge >= 0.3 is 6.01 Å². The van der Waals surface area contributed by atoms with Crippen molar-refractivity contribution in [2.24, 2.45) is 0 Å². The molecule has 33 heavy (non-hydrogen) atoms. The first-order valence-corrected chi connectivity index (χ1v) is 10.4. The summed E-state index contributed by atoms with van der Waals surface area (Å²) in [4.78, 5) is 18.8. The Morgan fingerprint density at radius 2 is 1.73 bits per heavy atom. The maximum absolute atomic E-state index is 13.6. The monoisotopic (exact) mass is 451 g/mol. The predicted octanol–water partition coefficient (Wildman–Crippen LogP) is 3.12. The molecule has 8 nitrogen and oxygen atoms in total. The van der Waals surface area contributed by atoms with E-state index in [4.69, 9.17) is 9.26 Å². The average molecular weight is 451 g/mol. The molecule has 0 radical (unpaired) electrons. The minimum absolute atomic E-state index is 0.159. The van der Waals surface area contributed by atoms with Gasteiger partial charge < -0.3 is 14.2 Å². The van der Waals surface area contributed by atoms with Gasteiger partial charge in [-0.15, -0.1) is 0 Å². The molecule has 0 unspecified atom stereocenters. The van der Waals surface area contributed by atoms with Crippen molar-refractivity contribution in [3.63, 3.8) is 0 Å². The van der Waals surface area contributed by atoms with Crippen LogP contribution < -0.4 is 10.5 Å². The fourth-order valence-corrected chi connectivity index (χ4v) is 3.62. The van der Waals surface area contributed by atoms with Crippen LogP contribution in [0.5, 0.6) is 0 Å². The van der Waals surface area contributed by atoms with Crippen molar-refractivity contribution >= 4 is 6.01 Å². The van der Waals surface area contributed by atoms with Crippen molar-refractivity contribution in [1.82, 2.24) is 19.9 Å². The lowest BCUT2D eigenvalue weighted by Gasteiger charge is -2.24. The highest BCUT2D eigenvalue weighted by Gasteiger charge is 2.18. The Labute approximate surface area is 187 Å². The number of aromatic nitrogens is 4. The Balaban J connectivity index is 1.40. The Kier molecular flexibility index (Phi) is 5.66. The number of halogens is 2. The highest BCUT2D eigenvalue weighted by Crippen LogP contribution is 2.22. The largest absolute Gasteiger partial charge is 0.378 e. The lowest BCUT2D eigenvalue weighted by molar-refractivity contribution is 0.119. The number of ether oxygens (including phenoxy) is 1. The summed E-state index contributed by atoms with van der Waals surface area (Å²) in [5, 5.41) is 8.36. The van der Waals surface area contributed by atoms with Gasteiger partial charge in [0.05, 0.1) is 25.5 Å². The molecular formula is C23H19F2N5O3. The number of hydrogen-bond acceptors (Lipinski definition) is 7. The highest BCUT2D eigenvalue weighted by molar-refractivity contribution is 5.59. The van der Waals surface area contributed by atoms with Gasteiger partial charge in [0.2, 0.25) is 5.82 Å². The molecule has 5 rings (SSSR count). The van der Waals surface area contributed by atoms with E-state index in [0.717, 1.165) is 17.2 Å². The highest BCUT2D eigenvalue weighted by atomic mass is 19.1. The molecule has 1 saturated heterocycles. The second-order valence-electron chi connectivity index (χ2n) is 7.57. The predicted molar refractivity (Wildman–Crippen MR) is 116 cm³/mol. The van der Waals surface area contributed by atoms with Gasteiger partial charge in [0.1, 0.15) is 11.6 Å². The minimum atomic E-state index is -0.714. The first-order valence-electron chi connectivity index (χ1n) is 10.4. The minimum Gasteiger partial charge on any atom is -0.378 e. The van der Waals surface area contributed by atoms with Crippen molar-refractivity contribution in [3.05, 3.63) is 82.1 Å². The second kappa shape index (κ2) is 8.91. The maximum atomic E-state index is 13.6. The molecule has 0 atom stereocenters. The van der Waals surface area contributed by atoms with E-state index >= 15 is 0 Å². The van der Waals surface area contributed by atoms with Crippen molar-refractivity contribution in [2.75, 3.05) is 31.2 Å². The van der Waals surface area contributed by atoms with Crippen molar-refractivity contribution in [2.45, 2.75) is 6.54 Å². The molecule has 168 valence electrons. The van der Waals surface area contributed by atoms with Crippen LogP contribution in [0.3, 0.4) is 0 Å². The van der Waals surface area contributed by atoms with Gasteiger partial charge in [-0.1, -0.05) is 23.4 Å². The molecule has 0 bridgehead atoms. The molecule has 1 fully saturated rings. The van der Waals surface area contributed by atoms with Gasteiger partial charge in [-0.05, 0) is 29.8 Å². The van der Waals surface area contributed by atoms with Gasteiger partial charge in [-0.3, -0.25) is 4.79 Å². The SMILES string of the molecule is O=c1ccc(-c2cc(F)cc(F)c2)nn1Cc1cccc(-c2noc(N3CCOCC3)n2)c1. The standard InChI is InChI=1S/C23H19F2N5O3/c24-18-11-17(12-19(25)13-18)20-4-5-21(31)30(27-20)14-15-2-1-3-16(10-15)22-26-23(33-28-22)29-6-8-32-9-7-29/h1-5,10-13H,6-9,14H2. The third-order valence-electron chi connectivity index (χ3n) is 5.24. The van der Waals surface area contributed by atoms with Crippen LogP contribution >= 0.6 is 0 Å². The van der Waals surface area contributed by atoms with Crippen LogP contribution in [0.15, 0.2) is 63.9 Å². The Hall–Kier alpha value is -3.92. The molecular weight excluding hydrogens is 432 g/mol. The van der Waals surface area contributed by atoms with E-state index in [-0.39, 0.29) is 23.4 Å². The molecule has 0 amide bonds. The zero-order valence-electron chi connectivity index (χ0n) is 17.4. The fourth-order valence-electron chi connectivity index (χ4n) is 3.62. The molecule has 1 aliphatic rings. The van der Waals surface area contributed by atoms with Crippen LogP contribution in [0.4, 0.5) is 14.8 Å². The molecule has 2 aromatic carbocycles. The van der Waals surface area contributed by atoms with E-state index in [1.165, 1.54) is 28.9 Å². The van der Waals surface area contributed by atoms with E-state index in [1.54, 1.807) is 0 Å². The summed E-state index contributed by atoms with van der Waals surface area (Å²) in [6.07, 6.45) is 0. The molecule has 3 heterocycles. The third kappa shape index (κ3) is 4.65. The number of benzene rings is 2. The van der Waals surface area contributed by atoms with Crippen LogP contribution in [0, 0.1) is 11.6 Å². The Morgan fingerprint density at radius 3 is 2.52 bits per heavy atom. The van der Waals surface area contributed by atoms with Crippen LogP contribution in [0.1, 0.15) is 5.56 Å². The van der Waals surface area contributed by atoms with Gasteiger partial charge in [0.15, 0.2) is 0 Å². The van der Waals surface area contributed by atoms with Gasteiger partial charge in [-0.25, -0.2) is 13.5 Å². The fraction of sp³-hybridized carbons (Fsp3) is 0.217. The normalized spacial score (nSPS) is 13.9. The summed E-state index contributed by atoms with van der Waals surface area (Å²) < 4.78 is 39.2. The average Bonchev–Trinajstić information content (AvgIpc) is 3.31. The van der Waals surface area contributed by atoms with E-state index in [1.807, 2.05) is 29.2 Å². The van der Waals surface area contributed by atoms with Gasteiger partial charge in [0.25, 0.3) is 5.56 Å². The van der Waals surface area contributed by atoms with Crippen LogP contribution in [-0.2, 0) is 11.3 Å². The first-order chi connectivity index (χ1) is 16.0. The van der Waals surface area contributed by atoms with Crippen molar-refractivity contribution in [1.29, 1.82) is 0 Å². The lowest BCUT2D eigenvalue weighted by atomic mass is 10.1. The van der Waals surface area contributed by atoms with Crippen LogP contribution in [0.25, 0.3) is 22.6 Å². The maximum Gasteiger partial charge on any atom is 0.324 e. The van der Waals surface area contributed by atoms with E-state index < -0.39 is 11.6 Å². The Bertz CT molecular complexity index is 1330. The van der Waals surface area contributed by atoms with E-state index in [0.29, 0.717) is 38.1 Å². The quantitative estimate of drug-likeness (QED) is 0.461. The van der Waals surface area contributed by atoms with E-state index in [9.17, 15) is 13.6 Å². The van der Waals surface area contributed by atoms with Gasteiger partial charge in [-0.2, -0.15) is 10.1 Å². The molecule has 0 saturated carbocycles. The Morgan fingerprint density at radius 1 is 0.939 bits per heavy atom. The summed E-state index contributed by atoms with van der Waals surface area (Å²) in [7, 11) is 0. The molecule has 4 aromatic rings. The number of anilines is 1. The van der Waals surface area contributed by atoms with E-state index in [2.05, 4.69) is 15.2 Å². The lowest BCUT2D eigenvalue weighted by Crippen LogP contribution is -2.36. The second-order valence-corrected chi connectivity index (χ2v) is 7.57. The summed E-state index contributed by atoms with van der Waals surface area (Å²) in [5.74, 6) is -0.995. The summed E-state index contributed by atoms with van der Waals surface area (Å²) in [6, 6.07) is 13.7. The molecule has 0 N–H and O–H groups in total. The van der Waals surface area contributed by atoms with Crippen LogP contribution in [0.2, 0.25) is 0 Å². The van der Waals surface area contributed by atoms with Crippen LogP contribution in [-0.4, -0.2) is 46.2 Å². The number of morpholine rings is 1. The number of rotatable bonds is 5. The smallest absolute Gasteiger partial charge is 0.324 e. The van der Waals surface area contributed by atoms with Crippen molar-refractivity contribution < 1.29 is 18.0 Å². The molecule has 0 aliphatic carbocycles. The molecule has 0 spiro atoms. The number of nitrogens with zero attached hydrogens (tertiary/aromatic N) is 5. The summed E-state index contributed by atoms with van der Waals surface area (Å²) in [5.41, 5.74) is 1.71. The van der Waals surface area contributed by atoms with Crippen molar-refractivity contribution in [3.8, 4) is 22.6 Å². The molecule has 1 aliphatic heterocycles. The first kappa shape index (κ1) is 21.0.